The SMILES string of the molecule is [2H]c1nc(-c2[c-]c(-c3cccc4c3nc(-c3cc(C(C)(C)C)ccc3O)n4-c3ccc(C(C)(C)C)cc3-c3ccccc3)cc(C(C)(C)C)c2)c([2H])c(-c2c([2H])c([2H])c(C([2H])([2H])[2H])c([2H])c2[2H])c1[2H].[Pt]. The zero-order valence-corrected chi connectivity index (χ0v) is 37.6. The van der Waals surface area contributed by atoms with Crippen LogP contribution in [0.15, 0.2) is 139 Å². The van der Waals surface area contributed by atoms with E-state index in [1.165, 1.54) is 0 Å². The Morgan fingerprint density at radius 1 is 0.617 bits per heavy atom. The first-order valence-electron chi connectivity index (χ1n) is 24.8. The van der Waals surface area contributed by atoms with Gasteiger partial charge in [0.1, 0.15) is 11.6 Å². The molecule has 2 heterocycles. The van der Waals surface area contributed by atoms with Crippen LogP contribution in [-0.4, -0.2) is 19.6 Å². The number of rotatable bonds is 6. The van der Waals surface area contributed by atoms with Gasteiger partial charge in [0.15, 0.2) is 0 Å². The number of fused-ring (bicyclic) bond motifs is 1. The Kier molecular flexibility index (Phi) is 8.42. The van der Waals surface area contributed by atoms with E-state index in [0.29, 0.717) is 28.0 Å². The summed E-state index contributed by atoms with van der Waals surface area (Å²) >= 11 is 0. The molecule has 0 aliphatic carbocycles. The minimum absolute atomic E-state index is 0. The van der Waals surface area contributed by atoms with Crippen molar-refractivity contribution in [1.29, 1.82) is 0 Å². The van der Waals surface area contributed by atoms with Crippen LogP contribution in [0.1, 0.15) is 98.3 Å². The van der Waals surface area contributed by atoms with E-state index in [9.17, 15) is 6.48 Å². The zero-order valence-electron chi connectivity index (χ0n) is 45.3. The number of hydrogen-bond acceptors (Lipinski definition) is 3. The van der Waals surface area contributed by atoms with Gasteiger partial charge in [0.05, 0.1) is 31.9 Å². The Morgan fingerprint density at radius 2 is 1.27 bits per heavy atom. The summed E-state index contributed by atoms with van der Waals surface area (Å²) in [6, 6.07) is 31.2. The molecule has 60 heavy (non-hydrogen) atoms. The third kappa shape index (κ3) is 8.41. The Balaban J connectivity index is 0.00000722. The Hall–Kier alpha value is -5.57. The van der Waals surface area contributed by atoms with Gasteiger partial charge in [-0.25, -0.2) is 4.98 Å². The molecular weight excluding hydrogens is 914 g/mol. The maximum absolute atomic E-state index is 11.8. The van der Waals surface area contributed by atoms with Gasteiger partial charge in [0.2, 0.25) is 0 Å². The van der Waals surface area contributed by atoms with E-state index in [-0.39, 0.29) is 54.5 Å². The van der Waals surface area contributed by atoms with E-state index in [1.54, 1.807) is 12.1 Å². The molecule has 4 nitrogen and oxygen atoms in total. The summed E-state index contributed by atoms with van der Waals surface area (Å²) in [7, 11) is 0. The molecular formula is C55H54N3OPt-. The monoisotopic (exact) mass is 977 g/mol. The van der Waals surface area contributed by atoms with E-state index in [2.05, 4.69) is 87.5 Å². The number of nitrogens with zero attached hydrogens (tertiary/aromatic N) is 3. The number of phenolic OH excluding ortho intramolecular Hbond substituents is 1. The average Bonchev–Trinajstić information content (AvgIpc) is 3.66. The number of aromatic nitrogens is 3. The number of benzene rings is 6. The molecule has 0 saturated heterocycles. The molecule has 0 saturated carbocycles. The second-order valence-electron chi connectivity index (χ2n) is 18.2. The van der Waals surface area contributed by atoms with Gasteiger partial charge in [-0.05, 0) is 87.3 Å². The molecule has 0 aliphatic rings. The number of imidazole rings is 1. The molecule has 0 spiro atoms. The molecule has 8 aromatic rings. The third-order valence-corrected chi connectivity index (χ3v) is 10.7. The van der Waals surface area contributed by atoms with Crippen molar-refractivity contribution >= 4 is 11.0 Å². The van der Waals surface area contributed by atoms with Crippen molar-refractivity contribution in [2.75, 3.05) is 0 Å². The van der Waals surface area contributed by atoms with Gasteiger partial charge >= 0.3 is 0 Å². The van der Waals surface area contributed by atoms with Crippen molar-refractivity contribution < 1.29 is 39.9 Å². The van der Waals surface area contributed by atoms with E-state index < -0.39 is 65.8 Å². The molecule has 0 aliphatic heterocycles. The van der Waals surface area contributed by atoms with Crippen LogP contribution in [0.3, 0.4) is 0 Å². The molecule has 5 heteroatoms. The predicted octanol–water partition coefficient (Wildman–Crippen LogP) is 14.5. The van der Waals surface area contributed by atoms with Gasteiger partial charge in [0.25, 0.3) is 0 Å². The van der Waals surface area contributed by atoms with Gasteiger partial charge < -0.3 is 5.11 Å². The Bertz CT molecular complexity index is 3330. The van der Waals surface area contributed by atoms with E-state index >= 15 is 0 Å². The summed E-state index contributed by atoms with van der Waals surface area (Å²) in [5, 5.41) is 11.8. The van der Waals surface area contributed by atoms with Crippen molar-refractivity contribution in [2.24, 2.45) is 0 Å². The summed E-state index contributed by atoms with van der Waals surface area (Å²) in [4.78, 5) is 9.85. The number of aromatic hydroxyl groups is 1. The van der Waals surface area contributed by atoms with Crippen molar-refractivity contribution in [1.82, 2.24) is 14.5 Å². The zero-order chi connectivity index (χ0) is 50.4. The van der Waals surface area contributed by atoms with Crippen molar-refractivity contribution in [3.8, 4) is 67.5 Å². The first-order valence-corrected chi connectivity index (χ1v) is 19.8. The predicted molar refractivity (Wildman–Crippen MR) is 247 cm³/mol. The smallest absolute Gasteiger partial charge is 0.148 e. The van der Waals surface area contributed by atoms with Crippen molar-refractivity contribution in [2.45, 2.75) is 85.4 Å². The standard InChI is InChI=1S/C55H54N3O.Pt/c1-35-19-21-36(22-20-35)38-27-28-56-47(32-38)40-29-39(30-43(31-40)55(8,9)10)44-17-14-18-49-51(44)57-52(46-34-42(54(5,6)7)24-26-50(46)59)58(49)48-25-23-41(53(2,3)4)33-45(48)37-15-12-11-13-16-37;/h11-28,30-34,59H,1-10H3;/q-1;/i1D3,19D,20D,21D,22D,27D,28D,32D;. The van der Waals surface area contributed by atoms with E-state index in [4.69, 9.17) is 17.3 Å². The van der Waals surface area contributed by atoms with Gasteiger partial charge in [0, 0.05) is 42.6 Å². The second kappa shape index (κ2) is 16.1. The number of phenols is 1. The minimum Gasteiger partial charge on any atom is -0.507 e. The fraction of sp³-hybridized carbons (Fsp3) is 0.236. The van der Waals surface area contributed by atoms with Crippen LogP contribution in [0, 0.1) is 12.9 Å². The number of hydrogen-bond donors (Lipinski definition) is 1. The summed E-state index contributed by atoms with van der Waals surface area (Å²) in [5.74, 6) is 0.559. The molecule has 0 atom stereocenters. The van der Waals surface area contributed by atoms with Gasteiger partial charge in [-0.1, -0.05) is 164 Å². The normalized spacial score (nSPS) is 14.7. The van der Waals surface area contributed by atoms with E-state index in [1.807, 2.05) is 75.4 Å². The maximum atomic E-state index is 11.8. The molecule has 2 aromatic heterocycles. The maximum Gasteiger partial charge on any atom is 0.148 e. The van der Waals surface area contributed by atoms with Crippen LogP contribution in [0.4, 0.5) is 0 Å². The fourth-order valence-electron chi connectivity index (χ4n) is 7.25. The Morgan fingerprint density at radius 3 is 1.93 bits per heavy atom. The molecule has 0 radical (unpaired) electrons. The first kappa shape index (κ1) is 31.3. The van der Waals surface area contributed by atoms with E-state index in [0.717, 1.165) is 39.0 Å². The van der Waals surface area contributed by atoms with Crippen LogP contribution in [-0.2, 0) is 37.3 Å². The topological polar surface area (TPSA) is 50.9 Å². The molecule has 0 unspecified atom stereocenters. The molecule has 0 bridgehead atoms. The number of para-hydroxylation sites is 1. The van der Waals surface area contributed by atoms with Crippen LogP contribution in [0.25, 0.3) is 72.7 Å². The summed E-state index contributed by atoms with van der Waals surface area (Å²) < 4.78 is 87.9. The van der Waals surface area contributed by atoms with Gasteiger partial charge in [-0.2, -0.15) is 0 Å². The molecule has 306 valence electrons. The summed E-state index contributed by atoms with van der Waals surface area (Å²) in [6.07, 6.45) is -0.585. The first-order chi connectivity index (χ1) is 32.1. The molecule has 6 aromatic carbocycles. The fourth-order valence-corrected chi connectivity index (χ4v) is 7.25. The average molecular weight is 978 g/mol. The number of pyridine rings is 1. The third-order valence-electron chi connectivity index (χ3n) is 10.7. The summed E-state index contributed by atoms with van der Waals surface area (Å²) in [6.45, 7) is 16.0. The quantitative estimate of drug-likeness (QED) is 0.169. The minimum atomic E-state index is -2.97. The largest absolute Gasteiger partial charge is 0.507 e. The summed E-state index contributed by atoms with van der Waals surface area (Å²) in [5.41, 5.74) is 6.46. The van der Waals surface area contributed by atoms with Crippen LogP contribution >= 0.6 is 0 Å². The van der Waals surface area contributed by atoms with Crippen LogP contribution < -0.4 is 0 Å². The molecule has 0 fully saturated rings. The van der Waals surface area contributed by atoms with Crippen LogP contribution in [0.2, 0.25) is 0 Å². The Labute approximate surface area is 384 Å². The second-order valence-corrected chi connectivity index (χ2v) is 18.2. The molecule has 0 amide bonds. The van der Waals surface area contributed by atoms with Gasteiger partial charge in [-0.15, -0.1) is 29.3 Å². The van der Waals surface area contributed by atoms with Crippen LogP contribution in [0.5, 0.6) is 5.75 Å². The van der Waals surface area contributed by atoms with Gasteiger partial charge in [-0.3, -0.25) is 9.55 Å². The molecule has 1 N–H and O–H groups in total. The molecule has 8 rings (SSSR count). The van der Waals surface area contributed by atoms with Crippen molar-refractivity contribution in [3.63, 3.8) is 0 Å². The van der Waals surface area contributed by atoms with Crippen molar-refractivity contribution in [3.05, 3.63) is 168 Å².